The minimum absolute atomic E-state index is 0. The van der Waals surface area contributed by atoms with Crippen LogP contribution in [0.15, 0.2) is 69.5 Å². The first-order valence-electron chi connectivity index (χ1n) is 13.8. The quantitative estimate of drug-likeness (QED) is 0.297. The van der Waals surface area contributed by atoms with Gasteiger partial charge in [0, 0.05) is 0 Å². The molecule has 0 fully saturated rings. The van der Waals surface area contributed by atoms with E-state index >= 15 is 0 Å². The van der Waals surface area contributed by atoms with Crippen molar-refractivity contribution in [3.05, 3.63) is 117 Å². The maximum absolute atomic E-state index is 6.38. The van der Waals surface area contributed by atoms with Gasteiger partial charge in [-0.25, -0.2) is 0 Å². The van der Waals surface area contributed by atoms with Crippen LogP contribution in [0.4, 0.5) is 0 Å². The van der Waals surface area contributed by atoms with Gasteiger partial charge < -0.3 is 24.8 Å². The molecule has 0 saturated carbocycles. The molecule has 0 aliphatic heterocycles. The minimum atomic E-state index is -1.12. The fourth-order valence-electron chi connectivity index (χ4n) is 5.95. The molecule has 0 amide bonds. The Bertz CT molecular complexity index is 1410. The molecular weight excluding hydrogens is 603 g/mol. The van der Waals surface area contributed by atoms with Gasteiger partial charge in [0.2, 0.25) is 0 Å². The number of hydrogen-bond donors (Lipinski definition) is 0. The van der Waals surface area contributed by atoms with E-state index in [1.54, 1.807) is 0 Å². The number of hydrogen-bond acceptors (Lipinski definition) is 2. The molecule has 0 saturated heterocycles. The van der Waals surface area contributed by atoms with E-state index in [0.717, 1.165) is 48.7 Å². The van der Waals surface area contributed by atoms with E-state index in [1.165, 1.54) is 44.5 Å². The molecule has 39 heavy (non-hydrogen) atoms. The van der Waals surface area contributed by atoms with Crippen molar-refractivity contribution in [3.63, 3.8) is 0 Å². The number of aryl methyl sites for hydroxylation is 4. The zero-order valence-electron chi connectivity index (χ0n) is 23.0. The maximum atomic E-state index is 6.38. The Labute approximate surface area is 256 Å². The second kappa shape index (κ2) is 12.6. The summed E-state index contributed by atoms with van der Waals surface area (Å²) in [5, 5.41) is 0. The third-order valence-corrected chi connectivity index (χ3v) is 12.7. The van der Waals surface area contributed by atoms with Crippen LogP contribution in [0.3, 0.4) is 0 Å². The predicted molar refractivity (Wildman–Crippen MR) is 149 cm³/mol. The minimum Gasteiger partial charge on any atom is -1.00 e. The molecule has 2 aliphatic carbocycles. The van der Waals surface area contributed by atoms with Crippen molar-refractivity contribution in [2.45, 2.75) is 60.6 Å². The molecule has 2 unspecified atom stereocenters. The van der Waals surface area contributed by atoms with Crippen LogP contribution in [0.2, 0.25) is 0 Å². The van der Waals surface area contributed by atoms with Gasteiger partial charge in [0.15, 0.2) is 0 Å². The molecule has 6 rings (SSSR count). The molecule has 0 bridgehead atoms. The van der Waals surface area contributed by atoms with Gasteiger partial charge in [-0.3, -0.25) is 0 Å². The summed E-state index contributed by atoms with van der Waals surface area (Å²) in [6, 6.07) is 22.5. The van der Waals surface area contributed by atoms with Crippen molar-refractivity contribution in [2.24, 2.45) is 0 Å². The van der Waals surface area contributed by atoms with Crippen molar-refractivity contribution in [2.75, 3.05) is 0 Å². The van der Waals surface area contributed by atoms with E-state index in [4.69, 9.17) is 8.83 Å². The number of fused-ring (bicyclic) bond motifs is 2. The van der Waals surface area contributed by atoms with Crippen molar-refractivity contribution >= 4 is 23.3 Å². The van der Waals surface area contributed by atoms with E-state index in [-0.39, 0.29) is 24.8 Å². The topological polar surface area (TPSA) is 26.3 Å². The summed E-state index contributed by atoms with van der Waals surface area (Å²) in [5.74, 6) is 4.24. The Morgan fingerprint density at radius 1 is 0.564 bits per heavy atom. The van der Waals surface area contributed by atoms with E-state index in [0.29, 0.717) is 7.25 Å². The van der Waals surface area contributed by atoms with Crippen molar-refractivity contribution in [3.8, 4) is 0 Å². The normalized spacial score (nSPS) is 16.9. The predicted octanol–water partition coefficient (Wildman–Crippen LogP) is 3.10. The Balaban J connectivity index is 0.00000176. The molecule has 0 spiro atoms. The summed E-state index contributed by atoms with van der Waals surface area (Å²) < 4.78 is 13.6. The van der Waals surface area contributed by atoms with Crippen LogP contribution in [0.25, 0.3) is 23.3 Å². The SMILES string of the molecule is CCc1ccc(C2=Cc3c(CC)cccc3[CH]2[Zr+2][CH]2C(c3ccc(CC)o3)=Cc3c(CC)cccc32)o1.[Cl-].[Cl-]. The smallest absolute Gasteiger partial charge is 1.00 e. The number of allylic oxidation sites excluding steroid dienone is 2. The molecule has 2 aromatic carbocycles. The molecule has 5 heteroatoms. The fourth-order valence-corrected chi connectivity index (χ4v) is 10.9. The van der Waals surface area contributed by atoms with Crippen LogP contribution in [0.1, 0.15) is 91.4 Å². The Morgan fingerprint density at radius 3 is 1.36 bits per heavy atom. The summed E-state index contributed by atoms with van der Waals surface area (Å²) in [5.41, 5.74) is 11.5. The van der Waals surface area contributed by atoms with Gasteiger partial charge in [-0.1, -0.05) is 0 Å². The molecule has 200 valence electrons. The zero-order valence-corrected chi connectivity index (χ0v) is 27.0. The molecule has 2 aromatic heterocycles. The van der Waals surface area contributed by atoms with Crippen molar-refractivity contribution in [1.29, 1.82) is 0 Å². The summed E-state index contributed by atoms with van der Waals surface area (Å²) in [7, 11) is 0. The molecule has 0 N–H and O–H groups in total. The van der Waals surface area contributed by atoms with Gasteiger partial charge in [-0.05, 0) is 0 Å². The maximum Gasteiger partial charge on any atom is -1.00 e. The van der Waals surface area contributed by atoms with Crippen molar-refractivity contribution < 1.29 is 56.9 Å². The summed E-state index contributed by atoms with van der Waals surface area (Å²) in [4.78, 5) is 0. The van der Waals surface area contributed by atoms with Crippen LogP contribution in [-0.2, 0) is 48.9 Å². The first-order valence-corrected chi connectivity index (χ1v) is 16.6. The average molecular weight is 637 g/mol. The Morgan fingerprint density at radius 2 is 1.00 bits per heavy atom. The van der Waals surface area contributed by atoms with E-state index < -0.39 is 23.2 Å². The van der Waals surface area contributed by atoms with Crippen LogP contribution in [0, 0.1) is 0 Å². The van der Waals surface area contributed by atoms with Crippen LogP contribution in [0.5, 0.6) is 0 Å². The number of rotatable bonds is 8. The van der Waals surface area contributed by atoms with Gasteiger partial charge in [0.1, 0.15) is 0 Å². The molecule has 2 aliphatic rings. The number of benzene rings is 2. The number of furan rings is 2. The third kappa shape index (κ3) is 5.35. The first kappa shape index (κ1) is 29.9. The standard InChI is InChI=1S/2C17H17O.2ClH.Zr/c2*1-3-12-6-5-7-13-10-14(11-16(12)13)17-9-8-15(4-2)18-17;;;/h2*5-11H,3-4H2,1-2H3;2*1H;/q;;;;+2/p-2. The van der Waals surface area contributed by atoms with Gasteiger partial charge in [0.25, 0.3) is 0 Å². The monoisotopic (exact) mass is 634 g/mol. The fraction of sp³-hybridized carbons (Fsp3) is 0.294. The summed E-state index contributed by atoms with van der Waals surface area (Å²) in [6.45, 7) is 8.85. The van der Waals surface area contributed by atoms with E-state index in [1.807, 2.05) is 0 Å². The van der Waals surface area contributed by atoms with Crippen LogP contribution < -0.4 is 24.8 Å². The Kier molecular flexibility index (Phi) is 9.69. The summed E-state index contributed by atoms with van der Waals surface area (Å²) in [6.07, 6.45) is 8.83. The molecule has 2 heterocycles. The molecule has 4 aromatic rings. The third-order valence-electron chi connectivity index (χ3n) is 7.99. The van der Waals surface area contributed by atoms with Gasteiger partial charge in [-0.15, -0.1) is 0 Å². The average Bonchev–Trinajstić information content (AvgIpc) is 3.73. The Hall–Kier alpha value is -2.06. The largest absolute Gasteiger partial charge is 1.00 e. The second-order valence-corrected chi connectivity index (χ2v) is 13.7. The first-order chi connectivity index (χ1) is 18.1. The number of halogens is 2. The van der Waals surface area contributed by atoms with Gasteiger partial charge in [0.05, 0.1) is 0 Å². The van der Waals surface area contributed by atoms with Crippen LogP contribution in [-0.4, -0.2) is 0 Å². The molecular formula is C34H34Cl2O2Zr. The van der Waals surface area contributed by atoms with Gasteiger partial charge >= 0.3 is 233 Å². The van der Waals surface area contributed by atoms with Crippen LogP contribution >= 0.6 is 0 Å². The van der Waals surface area contributed by atoms with E-state index in [9.17, 15) is 0 Å². The summed E-state index contributed by atoms with van der Waals surface area (Å²) >= 11 is -1.12. The van der Waals surface area contributed by atoms with E-state index in [2.05, 4.69) is 101 Å². The van der Waals surface area contributed by atoms with Crippen molar-refractivity contribution in [1.82, 2.24) is 0 Å². The molecule has 0 radical (unpaired) electrons. The second-order valence-electron chi connectivity index (χ2n) is 10.0. The zero-order chi connectivity index (χ0) is 25.5. The molecule has 2 atom stereocenters. The molecule has 2 nitrogen and oxygen atoms in total. The van der Waals surface area contributed by atoms with Gasteiger partial charge in [-0.2, -0.15) is 0 Å².